The highest BCUT2D eigenvalue weighted by molar-refractivity contribution is 7.71. The van der Waals surface area contributed by atoms with Gasteiger partial charge in [-0.05, 0) is 37.7 Å². The molecule has 1 heterocycles. The molecule has 100 valence electrons. The Morgan fingerprint density at radius 1 is 1.47 bits per heavy atom. The van der Waals surface area contributed by atoms with Crippen LogP contribution in [-0.4, -0.2) is 14.8 Å². The fraction of sp³-hybridized carbons (Fsp3) is 0.286. The second-order valence-electron chi connectivity index (χ2n) is 4.40. The van der Waals surface area contributed by atoms with Gasteiger partial charge in [-0.3, -0.25) is 9.67 Å². The van der Waals surface area contributed by atoms with Gasteiger partial charge in [0.25, 0.3) is 0 Å². The van der Waals surface area contributed by atoms with Crippen molar-refractivity contribution in [1.82, 2.24) is 14.8 Å². The summed E-state index contributed by atoms with van der Waals surface area (Å²) in [4.78, 5) is 0. The molecule has 0 aliphatic heterocycles. The molecule has 0 aliphatic rings. The zero-order chi connectivity index (χ0) is 13.8. The highest BCUT2D eigenvalue weighted by Crippen LogP contribution is 2.19. The first-order chi connectivity index (χ1) is 9.11. The maximum absolute atomic E-state index is 5.79. The standard InChI is InChI=1S/C14H17N3OS/c1-4-7-17-13(15-16-14(17)19)9-18-12-6-5-10(2)8-11(12)3/h4-6,8H,1,7,9H2,2-3H3,(H,16,19). The van der Waals surface area contributed by atoms with E-state index < -0.39 is 0 Å². The SMILES string of the molecule is C=CCn1c(COc2ccc(C)cc2C)n[nH]c1=S. The Bertz CT molecular complexity index is 642. The first-order valence-electron chi connectivity index (χ1n) is 6.07. The van der Waals surface area contributed by atoms with Crippen LogP contribution >= 0.6 is 12.2 Å². The van der Waals surface area contributed by atoms with Gasteiger partial charge in [-0.2, -0.15) is 5.10 Å². The van der Waals surface area contributed by atoms with E-state index in [9.17, 15) is 0 Å². The maximum atomic E-state index is 5.79. The van der Waals surface area contributed by atoms with Crippen molar-refractivity contribution in [3.8, 4) is 5.75 Å². The Morgan fingerprint density at radius 2 is 2.26 bits per heavy atom. The molecule has 0 amide bonds. The molecule has 0 spiro atoms. The molecule has 5 heteroatoms. The zero-order valence-electron chi connectivity index (χ0n) is 11.1. The monoisotopic (exact) mass is 275 g/mol. The Balaban J connectivity index is 2.14. The molecule has 0 saturated heterocycles. The van der Waals surface area contributed by atoms with Crippen LogP contribution in [-0.2, 0) is 13.2 Å². The van der Waals surface area contributed by atoms with Crippen molar-refractivity contribution >= 4 is 12.2 Å². The van der Waals surface area contributed by atoms with E-state index >= 15 is 0 Å². The second kappa shape index (κ2) is 5.84. The molecule has 0 fully saturated rings. The fourth-order valence-electron chi connectivity index (χ4n) is 1.88. The van der Waals surface area contributed by atoms with Gasteiger partial charge in [0, 0.05) is 6.54 Å². The molecule has 0 radical (unpaired) electrons. The summed E-state index contributed by atoms with van der Waals surface area (Å²) in [6.45, 7) is 8.81. The van der Waals surface area contributed by atoms with Crippen LogP contribution < -0.4 is 4.74 Å². The van der Waals surface area contributed by atoms with Crippen LogP contribution in [0.5, 0.6) is 5.75 Å². The number of benzene rings is 1. The predicted molar refractivity (Wildman–Crippen MR) is 77.9 cm³/mol. The van der Waals surface area contributed by atoms with E-state index in [1.807, 2.05) is 23.6 Å². The summed E-state index contributed by atoms with van der Waals surface area (Å²) in [6, 6.07) is 6.10. The second-order valence-corrected chi connectivity index (χ2v) is 4.79. The molecule has 1 aromatic heterocycles. The third kappa shape index (κ3) is 3.12. The topological polar surface area (TPSA) is 42.8 Å². The highest BCUT2D eigenvalue weighted by Gasteiger charge is 2.07. The summed E-state index contributed by atoms with van der Waals surface area (Å²) >= 11 is 5.15. The van der Waals surface area contributed by atoms with Crippen molar-refractivity contribution in [3.05, 3.63) is 52.6 Å². The molecule has 0 bridgehead atoms. The van der Waals surface area contributed by atoms with Crippen molar-refractivity contribution in [2.75, 3.05) is 0 Å². The Morgan fingerprint density at radius 3 is 2.95 bits per heavy atom. The molecule has 19 heavy (non-hydrogen) atoms. The number of nitrogens with one attached hydrogen (secondary N) is 1. The van der Waals surface area contributed by atoms with Crippen LogP contribution in [0.1, 0.15) is 17.0 Å². The number of hydrogen-bond acceptors (Lipinski definition) is 3. The van der Waals surface area contributed by atoms with E-state index in [1.54, 1.807) is 6.08 Å². The number of ether oxygens (including phenoxy) is 1. The van der Waals surface area contributed by atoms with Crippen LogP contribution in [0.4, 0.5) is 0 Å². The van der Waals surface area contributed by atoms with Crippen molar-refractivity contribution in [1.29, 1.82) is 0 Å². The van der Waals surface area contributed by atoms with Gasteiger partial charge in [0.2, 0.25) is 0 Å². The van der Waals surface area contributed by atoms with E-state index in [2.05, 4.69) is 29.8 Å². The quantitative estimate of drug-likeness (QED) is 0.672. The summed E-state index contributed by atoms with van der Waals surface area (Å²) in [5, 5.41) is 6.94. The van der Waals surface area contributed by atoms with E-state index in [0.29, 0.717) is 17.9 Å². The number of nitrogens with zero attached hydrogens (tertiary/aromatic N) is 2. The predicted octanol–water partition coefficient (Wildman–Crippen LogP) is 3.32. The highest BCUT2D eigenvalue weighted by atomic mass is 32.1. The lowest BCUT2D eigenvalue weighted by Gasteiger charge is -2.10. The minimum absolute atomic E-state index is 0.380. The lowest BCUT2D eigenvalue weighted by molar-refractivity contribution is 0.288. The molecule has 0 saturated carbocycles. The lowest BCUT2D eigenvalue weighted by Crippen LogP contribution is -2.07. The Hall–Kier alpha value is -1.88. The fourth-order valence-corrected chi connectivity index (χ4v) is 2.11. The molecule has 1 aromatic carbocycles. The van der Waals surface area contributed by atoms with Crippen LogP contribution in [0, 0.1) is 18.6 Å². The first kappa shape index (κ1) is 13.5. The van der Waals surface area contributed by atoms with Gasteiger partial charge < -0.3 is 4.74 Å². The number of aromatic amines is 1. The summed E-state index contributed by atoms with van der Waals surface area (Å²) in [7, 11) is 0. The molecule has 0 unspecified atom stereocenters. The minimum Gasteiger partial charge on any atom is -0.485 e. The van der Waals surface area contributed by atoms with Gasteiger partial charge in [0.05, 0.1) is 0 Å². The van der Waals surface area contributed by atoms with Crippen LogP contribution in [0.3, 0.4) is 0 Å². The summed E-state index contributed by atoms with van der Waals surface area (Å²) < 4.78 is 8.24. The molecular formula is C14H17N3OS. The number of aryl methyl sites for hydroxylation is 2. The molecule has 0 aliphatic carbocycles. The Labute approximate surface area is 117 Å². The average Bonchev–Trinajstić information content (AvgIpc) is 2.71. The number of rotatable bonds is 5. The molecular weight excluding hydrogens is 258 g/mol. The third-order valence-corrected chi connectivity index (χ3v) is 3.15. The van der Waals surface area contributed by atoms with E-state index in [1.165, 1.54) is 5.56 Å². The lowest BCUT2D eigenvalue weighted by atomic mass is 10.1. The van der Waals surface area contributed by atoms with Crippen LogP contribution in [0.2, 0.25) is 0 Å². The van der Waals surface area contributed by atoms with Gasteiger partial charge in [-0.1, -0.05) is 23.8 Å². The summed E-state index contributed by atoms with van der Waals surface area (Å²) in [6.07, 6.45) is 1.78. The number of hydrogen-bond donors (Lipinski definition) is 1. The number of aromatic nitrogens is 3. The number of allylic oxidation sites excluding steroid dienone is 1. The summed E-state index contributed by atoms with van der Waals surface area (Å²) in [5.74, 6) is 1.63. The Kier molecular flexibility index (Phi) is 4.16. The average molecular weight is 275 g/mol. The largest absolute Gasteiger partial charge is 0.485 e. The molecule has 2 rings (SSSR count). The first-order valence-corrected chi connectivity index (χ1v) is 6.47. The molecule has 4 nitrogen and oxygen atoms in total. The normalized spacial score (nSPS) is 10.4. The van der Waals surface area contributed by atoms with E-state index in [0.717, 1.165) is 17.1 Å². The maximum Gasteiger partial charge on any atom is 0.195 e. The summed E-state index contributed by atoms with van der Waals surface area (Å²) in [5.41, 5.74) is 2.34. The van der Waals surface area contributed by atoms with Crippen molar-refractivity contribution < 1.29 is 4.74 Å². The van der Waals surface area contributed by atoms with Crippen LogP contribution in [0.25, 0.3) is 0 Å². The van der Waals surface area contributed by atoms with Gasteiger partial charge in [0.1, 0.15) is 12.4 Å². The number of H-pyrrole nitrogens is 1. The van der Waals surface area contributed by atoms with Gasteiger partial charge in [0.15, 0.2) is 10.6 Å². The smallest absolute Gasteiger partial charge is 0.195 e. The van der Waals surface area contributed by atoms with Crippen LogP contribution in [0.15, 0.2) is 30.9 Å². The van der Waals surface area contributed by atoms with Gasteiger partial charge >= 0.3 is 0 Å². The van der Waals surface area contributed by atoms with Crippen molar-refractivity contribution in [2.24, 2.45) is 0 Å². The molecule has 0 atom stereocenters. The van der Waals surface area contributed by atoms with Crippen molar-refractivity contribution in [2.45, 2.75) is 27.0 Å². The minimum atomic E-state index is 0.380. The van der Waals surface area contributed by atoms with Crippen molar-refractivity contribution in [3.63, 3.8) is 0 Å². The molecule has 1 N–H and O–H groups in total. The van der Waals surface area contributed by atoms with E-state index in [4.69, 9.17) is 17.0 Å². The zero-order valence-corrected chi connectivity index (χ0v) is 12.0. The molecule has 2 aromatic rings. The van der Waals surface area contributed by atoms with Gasteiger partial charge in [-0.15, -0.1) is 6.58 Å². The van der Waals surface area contributed by atoms with E-state index in [-0.39, 0.29) is 0 Å². The van der Waals surface area contributed by atoms with Gasteiger partial charge in [-0.25, -0.2) is 0 Å². The third-order valence-electron chi connectivity index (χ3n) is 2.84.